The SMILES string of the molecule is CN(CC(=O)NC1CC1)C(=O)CCOc1ccccc1Cl. The molecule has 2 rings (SSSR count). The number of halogens is 1. The van der Waals surface area contributed by atoms with Gasteiger partial charge in [-0.1, -0.05) is 23.7 Å². The maximum absolute atomic E-state index is 11.9. The lowest BCUT2D eigenvalue weighted by Gasteiger charge is -2.17. The molecule has 0 atom stereocenters. The third-order valence-corrected chi connectivity index (χ3v) is 3.47. The summed E-state index contributed by atoms with van der Waals surface area (Å²) in [5.74, 6) is 0.314. The van der Waals surface area contributed by atoms with E-state index in [1.807, 2.05) is 12.1 Å². The number of hydrogen-bond donors (Lipinski definition) is 1. The number of para-hydroxylation sites is 1. The smallest absolute Gasteiger partial charge is 0.239 e. The maximum atomic E-state index is 11.9. The van der Waals surface area contributed by atoms with Crippen LogP contribution in [0.15, 0.2) is 24.3 Å². The summed E-state index contributed by atoms with van der Waals surface area (Å²) in [5, 5.41) is 3.36. The van der Waals surface area contributed by atoms with E-state index in [1.54, 1.807) is 19.2 Å². The average Bonchev–Trinajstić information content (AvgIpc) is 3.24. The number of carbonyl (C=O) groups is 2. The van der Waals surface area contributed by atoms with Gasteiger partial charge >= 0.3 is 0 Å². The molecule has 0 spiro atoms. The Labute approximate surface area is 129 Å². The number of amides is 2. The highest BCUT2D eigenvalue weighted by Crippen LogP contribution is 2.23. The highest BCUT2D eigenvalue weighted by Gasteiger charge is 2.24. The molecule has 0 unspecified atom stereocenters. The van der Waals surface area contributed by atoms with Crippen LogP contribution in [0.1, 0.15) is 19.3 Å². The number of rotatable bonds is 7. The van der Waals surface area contributed by atoms with Crippen molar-refractivity contribution in [2.75, 3.05) is 20.2 Å². The molecule has 0 bridgehead atoms. The fraction of sp³-hybridized carbons (Fsp3) is 0.467. The molecule has 1 fully saturated rings. The van der Waals surface area contributed by atoms with Crippen LogP contribution >= 0.6 is 11.6 Å². The van der Waals surface area contributed by atoms with E-state index >= 15 is 0 Å². The van der Waals surface area contributed by atoms with Crippen molar-refractivity contribution in [3.63, 3.8) is 0 Å². The molecule has 2 amide bonds. The highest BCUT2D eigenvalue weighted by molar-refractivity contribution is 6.32. The molecule has 1 N–H and O–H groups in total. The van der Waals surface area contributed by atoms with Crippen molar-refractivity contribution in [2.24, 2.45) is 0 Å². The Morgan fingerprint density at radius 1 is 1.38 bits per heavy atom. The predicted molar refractivity (Wildman–Crippen MR) is 80.4 cm³/mol. The van der Waals surface area contributed by atoms with Crippen LogP contribution in [0, 0.1) is 0 Å². The number of nitrogens with one attached hydrogen (secondary N) is 1. The molecule has 1 saturated carbocycles. The summed E-state index contributed by atoms with van der Waals surface area (Å²) in [4.78, 5) is 24.9. The lowest BCUT2D eigenvalue weighted by Crippen LogP contribution is -2.39. The van der Waals surface area contributed by atoms with Gasteiger partial charge in [-0.3, -0.25) is 9.59 Å². The van der Waals surface area contributed by atoms with E-state index in [0.29, 0.717) is 16.8 Å². The van der Waals surface area contributed by atoms with Gasteiger partial charge in [-0.15, -0.1) is 0 Å². The van der Waals surface area contributed by atoms with Gasteiger partial charge in [0.1, 0.15) is 5.75 Å². The third-order valence-electron chi connectivity index (χ3n) is 3.16. The fourth-order valence-corrected chi connectivity index (χ4v) is 2.00. The largest absolute Gasteiger partial charge is 0.491 e. The van der Waals surface area contributed by atoms with Crippen molar-refractivity contribution in [2.45, 2.75) is 25.3 Å². The van der Waals surface area contributed by atoms with Crippen molar-refractivity contribution in [1.82, 2.24) is 10.2 Å². The van der Waals surface area contributed by atoms with Gasteiger partial charge < -0.3 is 15.0 Å². The molecule has 1 aliphatic rings. The summed E-state index contributed by atoms with van der Waals surface area (Å²) in [6.45, 7) is 0.318. The summed E-state index contributed by atoms with van der Waals surface area (Å²) in [6.07, 6.45) is 2.28. The first-order valence-corrected chi connectivity index (χ1v) is 7.34. The van der Waals surface area contributed by atoms with Crippen LogP contribution in [0.4, 0.5) is 0 Å². The first kappa shape index (κ1) is 15.6. The van der Waals surface area contributed by atoms with Crippen LogP contribution in [0.25, 0.3) is 0 Å². The zero-order chi connectivity index (χ0) is 15.2. The van der Waals surface area contributed by atoms with Gasteiger partial charge in [-0.05, 0) is 25.0 Å². The van der Waals surface area contributed by atoms with Gasteiger partial charge in [0, 0.05) is 13.1 Å². The normalized spacial score (nSPS) is 13.6. The van der Waals surface area contributed by atoms with Gasteiger partial charge in [-0.2, -0.15) is 0 Å². The minimum Gasteiger partial charge on any atom is -0.491 e. The number of likely N-dealkylation sites (N-methyl/N-ethyl adjacent to an activating group) is 1. The number of ether oxygens (including phenoxy) is 1. The second-order valence-electron chi connectivity index (χ2n) is 5.12. The van der Waals surface area contributed by atoms with Crippen LogP contribution in [0.5, 0.6) is 5.75 Å². The molecule has 114 valence electrons. The van der Waals surface area contributed by atoms with E-state index in [1.165, 1.54) is 4.90 Å². The highest BCUT2D eigenvalue weighted by atomic mass is 35.5. The molecule has 1 aromatic carbocycles. The van der Waals surface area contributed by atoms with Crippen LogP contribution < -0.4 is 10.1 Å². The Kier molecular flexibility index (Phi) is 5.44. The zero-order valence-corrected chi connectivity index (χ0v) is 12.7. The Morgan fingerprint density at radius 3 is 2.76 bits per heavy atom. The first-order chi connectivity index (χ1) is 10.1. The van der Waals surface area contributed by atoms with Crippen molar-refractivity contribution in [3.05, 3.63) is 29.3 Å². The van der Waals surface area contributed by atoms with Crippen LogP contribution in [0.3, 0.4) is 0 Å². The third kappa shape index (κ3) is 5.27. The van der Waals surface area contributed by atoms with Gasteiger partial charge in [0.05, 0.1) is 24.6 Å². The van der Waals surface area contributed by atoms with Crippen molar-refractivity contribution in [1.29, 1.82) is 0 Å². The first-order valence-electron chi connectivity index (χ1n) is 6.97. The standard InChI is InChI=1S/C15H19ClN2O3/c1-18(10-14(19)17-11-6-7-11)15(20)8-9-21-13-5-3-2-4-12(13)16/h2-5,11H,6-10H2,1H3,(H,17,19). The molecular weight excluding hydrogens is 292 g/mol. The second-order valence-corrected chi connectivity index (χ2v) is 5.53. The maximum Gasteiger partial charge on any atom is 0.239 e. The number of hydrogen-bond acceptors (Lipinski definition) is 3. The van der Waals surface area contributed by atoms with E-state index in [0.717, 1.165) is 12.8 Å². The second kappa shape index (κ2) is 7.31. The molecule has 21 heavy (non-hydrogen) atoms. The number of benzene rings is 1. The predicted octanol–water partition coefficient (Wildman–Crippen LogP) is 1.85. The number of carbonyl (C=O) groups excluding carboxylic acids is 2. The van der Waals surface area contributed by atoms with Crippen LogP contribution in [0.2, 0.25) is 5.02 Å². The van der Waals surface area contributed by atoms with Gasteiger partial charge in [-0.25, -0.2) is 0 Å². The molecule has 1 aliphatic carbocycles. The Bertz CT molecular complexity index is 517. The van der Waals surface area contributed by atoms with Crippen LogP contribution in [-0.4, -0.2) is 43.0 Å². The van der Waals surface area contributed by atoms with Crippen molar-refractivity contribution < 1.29 is 14.3 Å². The molecule has 6 heteroatoms. The number of nitrogens with zero attached hydrogens (tertiary/aromatic N) is 1. The molecule has 0 saturated heterocycles. The van der Waals surface area contributed by atoms with Crippen molar-refractivity contribution >= 4 is 23.4 Å². The summed E-state index contributed by atoms with van der Waals surface area (Å²) in [5.41, 5.74) is 0. The molecule has 0 heterocycles. The monoisotopic (exact) mass is 310 g/mol. The van der Waals surface area contributed by atoms with Gasteiger partial charge in [0.2, 0.25) is 11.8 Å². The Morgan fingerprint density at radius 2 is 2.10 bits per heavy atom. The van der Waals surface area contributed by atoms with E-state index in [-0.39, 0.29) is 31.4 Å². The van der Waals surface area contributed by atoms with Crippen LogP contribution in [-0.2, 0) is 9.59 Å². The quantitative estimate of drug-likeness (QED) is 0.836. The Balaban J connectivity index is 1.68. The average molecular weight is 311 g/mol. The summed E-state index contributed by atoms with van der Waals surface area (Å²) < 4.78 is 5.46. The zero-order valence-electron chi connectivity index (χ0n) is 12.0. The summed E-state index contributed by atoms with van der Waals surface area (Å²) in [7, 11) is 1.62. The lowest BCUT2D eigenvalue weighted by molar-refractivity contribution is -0.135. The molecular formula is C15H19ClN2O3. The van der Waals surface area contributed by atoms with E-state index in [9.17, 15) is 9.59 Å². The summed E-state index contributed by atoms with van der Waals surface area (Å²) in [6, 6.07) is 7.42. The topological polar surface area (TPSA) is 58.6 Å². The molecule has 0 radical (unpaired) electrons. The van der Waals surface area contributed by atoms with E-state index in [2.05, 4.69) is 5.32 Å². The fourth-order valence-electron chi connectivity index (χ4n) is 1.81. The minimum atomic E-state index is -0.131. The summed E-state index contributed by atoms with van der Waals surface area (Å²) >= 11 is 5.95. The lowest BCUT2D eigenvalue weighted by atomic mass is 10.3. The van der Waals surface area contributed by atoms with Crippen molar-refractivity contribution in [3.8, 4) is 5.75 Å². The molecule has 0 aliphatic heterocycles. The van der Waals surface area contributed by atoms with Gasteiger partial charge in [0.15, 0.2) is 0 Å². The molecule has 0 aromatic heterocycles. The molecule has 5 nitrogen and oxygen atoms in total. The van der Waals surface area contributed by atoms with Gasteiger partial charge in [0.25, 0.3) is 0 Å². The minimum absolute atomic E-state index is 0.0847. The van der Waals surface area contributed by atoms with E-state index in [4.69, 9.17) is 16.3 Å². The van der Waals surface area contributed by atoms with E-state index < -0.39 is 0 Å². The molecule has 1 aromatic rings. The Hall–Kier alpha value is -1.75.